The highest BCUT2D eigenvalue weighted by Crippen LogP contribution is 2.26. The monoisotopic (exact) mass is 214 g/mol. The molecule has 2 amide bonds. The molecule has 0 aromatic heterocycles. The molecule has 86 valence electrons. The van der Waals surface area contributed by atoms with Crippen LogP contribution in [0.15, 0.2) is 0 Å². The second kappa shape index (κ2) is 5.00. The summed E-state index contributed by atoms with van der Waals surface area (Å²) in [6, 6.07) is 0.105. The number of amides is 2. The van der Waals surface area contributed by atoms with Crippen LogP contribution < -0.4 is 5.32 Å². The zero-order chi connectivity index (χ0) is 11.4. The van der Waals surface area contributed by atoms with Gasteiger partial charge in [0, 0.05) is 19.6 Å². The van der Waals surface area contributed by atoms with E-state index < -0.39 is 5.97 Å². The van der Waals surface area contributed by atoms with Gasteiger partial charge in [-0.3, -0.25) is 4.79 Å². The Labute approximate surface area is 89.4 Å². The first kappa shape index (κ1) is 11.8. The van der Waals surface area contributed by atoms with Gasteiger partial charge < -0.3 is 15.3 Å². The Morgan fingerprint density at radius 1 is 1.47 bits per heavy atom. The molecule has 15 heavy (non-hydrogen) atoms. The Bertz CT molecular complexity index is 249. The maximum absolute atomic E-state index is 11.5. The number of nitrogens with one attached hydrogen (secondary N) is 1. The van der Waals surface area contributed by atoms with Gasteiger partial charge in [0.05, 0.1) is 6.42 Å². The number of carbonyl (C=O) groups excluding carboxylic acids is 1. The van der Waals surface area contributed by atoms with E-state index in [0.717, 1.165) is 12.8 Å². The molecular formula is C10H18N2O3. The Morgan fingerprint density at radius 2 is 2.07 bits per heavy atom. The lowest BCUT2D eigenvalue weighted by molar-refractivity contribution is -0.137. The second-order valence-corrected chi connectivity index (χ2v) is 4.29. The van der Waals surface area contributed by atoms with Crippen molar-refractivity contribution in [3.8, 4) is 0 Å². The number of carboxylic acid groups (broad SMARTS) is 1. The number of rotatable bonds is 4. The number of nitrogens with zero attached hydrogens (tertiary/aromatic N) is 1. The fourth-order valence-corrected chi connectivity index (χ4v) is 1.67. The first-order valence-electron chi connectivity index (χ1n) is 5.22. The maximum Gasteiger partial charge on any atom is 0.317 e. The largest absolute Gasteiger partial charge is 0.481 e. The van der Waals surface area contributed by atoms with Crippen molar-refractivity contribution in [2.24, 2.45) is 5.92 Å². The van der Waals surface area contributed by atoms with Crippen LogP contribution in [0.2, 0.25) is 0 Å². The molecule has 0 heterocycles. The molecule has 5 heteroatoms. The van der Waals surface area contributed by atoms with Crippen molar-refractivity contribution in [3.05, 3.63) is 0 Å². The number of aliphatic carboxylic acids is 1. The summed E-state index contributed by atoms with van der Waals surface area (Å²) in [5.41, 5.74) is 0. The minimum atomic E-state index is -0.882. The summed E-state index contributed by atoms with van der Waals surface area (Å²) < 4.78 is 0. The highest BCUT2D eigenvalue weighted by atomic mass is 16.4. The quantitative estimate of drug-likeness (QED) is 0.730. The van der Waals surface area contributed by atoms with E-state index in [-0.39, 0.29) is 25.0 Å². The van der Waals surface area contributed by atoms with E-state index in [1.165, 1.54) is 4.90 Å². The zero-order valence-corrected chi connectivity index (χ0v) is 9.19. The van der Waals surface area contributed by atoms with E-state index in [9.17, 15) is 9.59 Å². The Morgan fingerprint density at radius 3 is 2.53 bits per heavy atom. The molecule has 1 aliphatic carbocycles. The van der Waals surface area contributed by atoms with Gasteiger partial charge in [0.15, 0.2) is 0 Å². The molecule has 0 saturated heterocycles. The predicted octanol–water partition coefficient (Wildman–Crippen LogP) is 0.901. The smallest absolute Gasteiger partial charge is 0.317 e. The topological polar surface area (TPSA) is 69.6 Å². The average molecular weight is 214 g/mol. The molecular weight excluding hydrogens is 196 g/mol. The van der Waals surface area contributed by atoms with Crippen LogP contribution in [0.1, 0.15) is 26.2 Å². The van der Waals surface area contributed by atoms with Crippen LogP contribution in [-0.4, -0.2) is 41.6 Å². The zero-order valence-electron chi connectivity index (χ0n) is 9.19. The minimum Gasteiger partial charge on any atom is -0.481 e. The average Bonchev–Trinajstić information content (AvgIpc) is 2.11. The van der Waals surface area contributed by atoms with Crippen LogP contribution in [0, 0.1) is 5.92 Å². The molecule has 0 bridgehead atoms. The predicted molar refractivity (Wildman–Crippen MR) is 55.6 cm³/mol. The molecule has 5 nitrogen and oxygen atoms in total. The number of carbonyl (C=O) groups is 2. The van der Waals surface area contributed by atoms with Crippen molar-refractivity contribution in [1.82, 2.24) is 10.2 Å². The fourth-order valence-electron chi connectivity index (χ4n) is 1.67. The Kier molecular flexibility index (Phi) is 3.94. The molecule has 0 aliphatic heterocycles. The molecule has 0 aromatic carbocycles. The molecule has 0 unspecified atom stereocenters. The Hall–Kier alpha value is -1.26. The summed E-state index contributed by atoms with van der Waals surface area (Å²) in [6.07, 6.45) is 2.04. The van der Waals surface area contributed by atoms with Gasteiger partial charge >= 0.3 is 12.0 Å². The fraction of sp³-hybridized carbons (Fsp3) is 0.800. The van der Waals surface area contributed by atoms with Gasteiger partial charge in [0.25, 0.3) is 0 Å². The number of urea groups is 1. The van der Waals surface area contributed by atoms with Crippen molar-refractivity contribution >= 4 is 12.0 Å². The first-order chi connectivity index (χ1) is 6.99. The van der Waals surface area contributed by atoms with Crippen molar-refractivity contribution in [2.45, 2.75) is 32.2 Å². The normalized spacial score (nSPS) is 24.1. The first-order valence-corrected chi connectivity index (χ1v) is 5.22. The van der Waals surface area contributed by atoms with Gasteiger partial charge in [-0.1, -0.05) is 6.92 Å². The summed E-state index contributed by atoms with van der Waals surface area (Å²) in [5, 5.41) is 11.3. The van der Waals surface area contributed by atoms with Crippen molar-refractivity contribution < 1.29 is 14.7 Å². The number of hydrogen-bond donors (Lipinski definition) is 2. The molecule has 0 aromatic rings. The van der Waals surface area contributed by atoms with E-state index in [0.29, 0.717) is 5.92 Å². The van der Waals surface area contributed by atoms with Crippen molar-refractivity contribution in [1.29, 1.82) is 0 Å². The summed E-state index contributed by atoms with van der Waals surface area (Å²) in [5.74, 6) is -0.188. The van der Waals surface area contributed by atoms with E-state index in [4.69, 9.17) is 5.11 Å². The summed E-state index contributed by atoms with van der Waals surface area (Å²) in [6.45, 7) is 2.40. The van der Waals surface area contributed by atoms with Crippen LogP contribution in [0.25, 0.3) is 0 Å². The molecule has 0 atom stereocenters. The van der Waals surface area contributed by atoms with Crippen LogP contribution in [0.4, 0.5) is 4.79 Å². The van der Waals surface area contributed by atoms with Crippen LogP contribution in [0.5, 0.6) is 0 Å². The maximum atomic E-state index is 11.5. The van der Waals surface area contributed by atoms with E-state index in [1.807, 2.05) is 0 Å². The third kappa shape index (κ3) is 3.77. The standard InChI is InChI=1S/C10H18N2O3/c1-7-5-8(6-7)11-10(15)12(2)4-3-9(13)14/h7-8H,3-6H2,1-2H3,(H,11,15)(H,13,14). The van der Waals surface area contributed by atoms with Crippen LogP contribution in [0.3, 0.4) is 0 Å². The van der Waals surface area contributed by atoms with E-state index >= 15 is 0 Å². The molecule has 1 fully saturated rings. The molecule has 2 N–H and O–H groups in total. The third-order valence-electron chi connectivity index (χ3n) is 2.71. The van der Waals surface area contributed by atoms with Gasteiger partial charge in [-0.15, -0.1) is 0 Å². The third-order valence-corrected chi connectivity index (χ3v) is 2.71. The highest BCUT2D eigenvalue weighted by molar-refractivity contribution is 5.75. The molecule has 0 spiro atoms. The second-order valence-electron chi connectivity index (χ2n) is 4.29. The lowest BCUT2D eigenvalue weighted by Crippen LogP contribution is -2.48. The number of hydrogen-bond acceptors (Lipinski definition) is 2. The lowest BCUT2D eigenvalue weighted by atomic mass is 9.82. The minimum absolute atomic E-state index is 0.00894. The summed E-state index contributed by atoms with van der Waals surface area (Å²) in [7, 11) is 1.61. The molecule has 1 rings (SSSR count). The SMILES string of the molecule is CC1CC(NC(=O)N(C)CCC(=O)O)C1. The van der Waals surface area contributed by atoms with E-state index in [2.05, 4.69) is 12.2 Å². The summed E-state index contributed by atoms with van der Waals surface area (Å²) in [4.78, 5) is 23.2. The lowest BCUT2D eigenvalue weighted by Gasteiger charge is -2.34. The van der Waals surface area contributed by atoms with Gasteiger partial charge in [-0.05, 0) is 18.8 Å². The summed E-state index contributed by atoms with van der Waals surface area (Å²) >= 11 is 0. The number of carboxylic acids is 1. The molecule has 1 saturated carbocycles. The van der Waals surface area contributed by atoms with Gasteiger partial charge in [0.2, 0.25) is 0 Å². The molecule has 0 radical (unpaired) electrons. The molecule has 1 aliphatic rings. The van der Waals surface area contributed by atoms with Crippen LogP contribution >= 0.6 is 0 Å². The van der Waals surface area contributed by atoms with Crippen LogP contribution in [-0.2, 0) is 4.79 Å². The van der Waals surface area contributed by atoms with Crippen molar-refractivity contribution in [3.63, 3.8) is 0 Å². The van der Waals surface area contributed by atoms with E-state index in [1.54, 1.807) is 7.05 Å². The van der Waals surface area contributed by atoms with Gasteiger partial charge in [0.1, 0.15) is 0 Å². The highest BCUT2D eigenvalue weighted by Gasteiger charge is 2.27. The van der Waals surface area contributed by atoms with Crippen molar-refractivity contribution in [2.75, 3.05) is 13.6 Å². The Balaban J connectivity index is 2.18. The van der Waals surface area contributed by atoms with Gasteiger partial charge in [-0.25, -0.2) is 4.79 Å². The van der Waals surface area contributed by atoms with Gasteiger partial charge in [-0.2, -0.15) is 0 Å².